The van der Waals surface area contributed by atoms with Crippen LogP contribution in [0.5, 0.6) is 5.88 Å². The molecule has 0 aromatic carbocycles. The number of hydrogen-bond donors (Lipinski definition) is 0. The fourth-order valence-corrected chi connectivity index (χ4v) is 2.02. The molecule has 1 aliphatic carbocycles. The number of aromatic nitrogens is 2. The van der Waals surface area contributed by atoms with Crippen molar-refractivity contribution in [3.05, 3.63) is 41.4 Å². The zero-order chi connectivity index (χ0) is 13.2. The molecular weight excluding hydrogens is 244 g/mol. The molecule has 0 atom stereocenters. The molecule has 2 heterocycles. The minimum atomic E-state index is -0.139. The predicted molar refractivity (Wildman–Crippen MR) is 67.3 cm³/mol. The van der Waals surface area contributed by atoms with Gasteiger partial charge in [0.25, 0.3) is 0 Å². The summed E-state index contributed by atoms with van der Waals surface area (Å²) in [7, 11) is 0. The number of ether oxygens (including phenoxy) is 1. The zero-order valence-corrected chi connectivity index (χ0v) is 10.6. The number of carbonyl (C=O) groups excluding carboxylic acids is 1. The van der Waals surface area contributed by atoms with Crippen molar-refractivity contribution >= 4 is 5.78 Å². The van der Waals surface area contributed by atoms with Crippen molar-refractivity contribution in [1.82, 2.24) is 10.1 Å². The van der Waals surface area contributed by atoms with Crippen LogP contribution in [0.4, 0.5) is 0 Å². The fourth-order valence-electron chi connectivity index (χ4n) is 2.02. The van der Waals surface area contributed by atoms with Crippen molar-refractivity contribution in [2.24, 2.45) is 0 Å². The Bertz CT molecular complexity index is 602. The summed E-state index contributed by atoms with van der Waals surface area (Å²) in [5, 5.41) is 3.75. The summed E-state index contributed by atoms with van der Waals surface area (Å²) >= 11 is 0. The number of ketones is 1. The quantitative estimate of drug-likeness (QED) is 0.771. The first-order valence-corrected chi connectivity index (χ1v) is 6.38. The molecule has 0 spiro atoms. The Morgan fingerprint density at radius 1 is 1.47 bits per heavy atom. The third-order valence-electron chi connectivity index (χ3n) is 3.09. The Morgan fingerprint density at radius 2 is 2.32 bits per heavy atom. The van der Waals surface area contributed by atoms with E-state index in [2.05, 4.69) is 10.1 Å². The van der Waals surface area contributed by atoms with E-state index in [1.807, 2.05) is 6.92 Å². The summed E-state index contributed by atoms with van der Waals surface area (Å²) in [5.41, 5.74) is 0.978. The second-order valence-electron chi connectivity index (χ2n) is 4.50. The second-order valence-corrected chi connectivity index (χ2v) is 4.50. The van der Waals surface area contributed by atoms with Crippen molar-refractivity contribution < 1.29 is 14.1 Å². The van der Waals surface area contributed by atoms with Gasteiger partial charge in [0, 0.05) is 12.1 Å². The molecule has 0 N–H and O–H groups in total. The van der Waals surface area contributed by atoms with Crippen LogP contribution >= 0.6 is 0 Å². The molecule has 0 bridgehead atoms. The Balaban J connectivity index is 1.97. The molecule has 5 heteroatoms. The van der Waals surface area contributed by atoms with Gasteiger partial charge in [-0.05, 0) is 31.9 Å². The van der Waals surface area contributed by atoms with E-state index in [9.17, 15) is 4.79 Å². The van der Waals surface area contributed by atoms with Gasteiger partial charge in [0.2, 0.25) is 11.7 Å². The highest BCUT2D eigenvalue weighted by Crippen LogP contribution is 2.42. The molecule has 1 fully saturated rings. The van der Waals surface area contributed by atoms with Gasteiger partial charge in [-0.2, -0.15) is 0 Å². The number of rotatable bonds is 5. The molecule has 0 unspecified atom stereocenters. The maximum Gasteiger partial charge on any atom is 0.224 e. The first-order chi connectivity index (χ1) is 9.31. The molecule has 2 aromatic heterocycles. The third-order valence-corrected chi connectivity index (χ3v) is 3.09. The lowest BCUT2D eigenvalue weighted by molar-refractivity contribution is 0.103. The van der Waals surface area contributed by atoms with E-state index in [1.165, 1.54) is 6.20 Å². The van der Waals surface area contributed by atoms with E-state index in [-0.39, 0.29) is 5.78 Å². The van der Waals surface area contributed by atoms with Crippen LogP contribution in [0.2, 0.25) is 0 Å². The van der Waals surface area contributed by atoms with Crippen LogP contribution in [-0.2, 0) is 0 Å². The highest BCUT2D eigenvalue weighted by atomic mass is 16.5. The van der Waals surface area contributed by atoms with E-state index in [4.69, 9.17) is 9.26 Å². The molecule has 2 aromatic rings. The monoisotopic (exact) mass is 258 g/mol. The van der Waals surface area contributed by atoms with Crippen molar-refractivity contribution in [3.8, 4) is 5.88 Å². The topological polar surface area (TPSA) is 65.2 Å². The van der Waals surface area contributed by atoms with Gasteiger partial charge in [-0.1, -0.05) is 5.16 Å². The number of hydrogen-bond acceptors (Lipinski definition) is 5. The van der Waals surface area contributed by atoms with Gasteiger partial charge in [-0.15, -0.1) is 0 Å². The van der Waals surface area contributed by atoms with Crippen LogP contribution in [0, 0.1) is 0 Å². The Hall–Kier alpha value is -2.17. The number of nitrogens with zero attached hydrogens (tertiary/aromatic N) is 2. The van der Waals surface area contributed by atoms with Gasteiger partial charge in [-0.3, -0.25) is 4.79 Å². The number of pyridine rings is 1. The molecule has 0 amide bonds. The lowest BCUT2D eigenvalue weighted by atomic mass is 10.0. The molecule has 19 heavy (non-hydrogen) atoms. The highest BCUT2D eigenvalue weighted by Gasteiger charge is 2.33. The molecule has 0 aliphatic heterocycles. The molecule has 1 aliphatic rings. The first-order valence-electron chi connectivity index (χ1n) is 6.38. The standard InChI is InChI=1S/C14H14N2O3/c1-2-18-14-10(4-3-7-15-14)12(17)11-8-16-19-13(11)9-5-6-9/h3-4,7-9H,2,5-6H2,1H3. The van der Waals surface area contributed by atoms with E-state index in [0.717, 1.165) is 12.8 Å². The van der Waals surface area contributed by atoms with Crippen LogP contribution < -0.4 is 4.74 Å². The average molecular weight is 258 g/mol. The van der Waals surface area contributed by atoms with Crippen LogP contribution in [0.25, 0.3) is 0 Å². The highest BCUT2D eigenvalue weighted by molar-refractivity contribution is 6.10. The Kier molecular flexibility index (Phi) is 3.03. The van der Waals surface area contributed by atoms with Gasteiger partial charge < -0.3 is 9.26 Å². The smallest absolute Gasteiger partial charge is 0.224 e. The second kappa shape index (κ2) is 4.84. The molecule has 1 saturated carbocycles. The summed E-state index contributed by atoms with van der Waals surface area (Å²) in [6.07, 6.45) is 5.21. The molecule has 98 valence electrons. The van der Waals surface area contributed by atoms with Gasteiger partial charge in [0.15, 0.2) is 5.76 Å². The lowest BCUT2D eigenvalue weighted by Gasteiger charge is -2.07. The molecular formula is C14H14N2O3. The maximum atomic E-state index is 12.5. The first kappa shape index (κ1) is 11.9. The lowest BCUT2D eigenvalue weighted by Crippen LogP contribution is -2.07. The maximum absolute atomic E-state index is 12.5. The molecule has 3 rings (SSSR count). The van der Waals surface area contributed by atoms with Crippen LogP contribution in [0.1, 0.15) is 47.4 Å². The predicted octanol–water partition coefficient (Wildman–Crippen LogP) is 2.58. The van der Waals surface area contributed by atoms with Crippen LogP contribution in [0.15, 0.2) is 29.0 Å². The van der Waals surface area contributed by atoms with E-state index < -0.39 is 0 Å². The SMILES string of the molecule is CCOc1ncccc1C(=O)c1cnoc1C1CC1. The minimum Gasteiger partial charge on any atom is -0.477 e. The average Bonchev–Trinajstić information content (AvgIpc) is 3.16. The summed E-state index contributed by atoms with van der Waals surface area (Å²) in [5.74, 6) is 1.25. The molecule has 0 saturated heterocycles. The van der Waals surface area contributed by atoms with Crippen LogP contribution in [-0.4, -0.2) is 22.5 Å². The molecule has 0 radical (unpaired) electrons. The summed E-state index contributed by atoms with van der Waals surface area (Å²) in [4.78, 5) is 16.6. The fraction of sp³-hybridized carbons (Fsp3) is 0.357. The van der Waals surface area contributed by atoms with Gasteiger partial charge in [0.1, 0.15) is 0 Å². The zero-order valence-electron chi connectivity index (χ0n) is 10.6. The van der Waals surface area contributed by atoms with Gasteiger partial charge in [0.05, 0.1) is 23.9 Å². The number of carbonyl (C=O) groups is 1. The van der Waals surface area contributed by atoms with Gasteiger partial charge in [-0.25, -0.2) is 4.98 Å². The minimum absolute atomic E-state index is 0.139. The molecule has 5 nitrogen and oxygen atoms in total. The van der Waals surface area contributed by atoms with Crippen molar-refractivity contribution in [1.29, 1.82) is 0 Å². The largest absolute Gasteiger partial charge is 0.477 e. The summed E-state index contributed by atoms with van der Waals surface area (Å²) < 4.78 is 10.6. The Morgan fingerprint density at radius 3 is 3.05 bits per heavy atom. The summed E-state index contributed by atoms with van der Waals surface area (Å²) in [6.45, 7) is 2.33. The Labute approximate surface area is 110 Å². The van der Waals surface area contributed by atoms with Crippen molar-refractivity contribution in [3.63, 3.8) is 0 Å². The van der Waals surface area contributed by atoms with Crippen LogP contribution in [0.3, 0.4) is 0 Å². The van der Waals surface area contributed by atoms with E-state index in [1.54, 1.807) is 18.3 Å². The summed E-state index contributed by atoms with van der Waals surface area (Å²) in [6, 6.07) is 3.43. The normalized spacial score (nSPS) is 14.4. The van der Waals surface area contributed by atoms with Gasteiger partial charge >= 0.3 is 0 Å². The van der Waals surface area contributed by atoms with Crippen molar-refractivity contribution in [2.75, 3.05) is 6.61 Å². The third kappa shape index (κ3) is 2.23. The van der Waals surface area contributed by atoms with Crippen molar-refractivity contribution in [2.45, 2.75) is 25.7 Å². The van der Waals surface area contributed by atoms with E-state index in [0.29, 0.717) is 35.3 Å². The van der Waals surface area contributed by atoms with E-state index >= 15 is 0 Å².